The first-order chi connectivity index (χ1) is 15.0. The number of carbonyl (C=O) groups excluding carboxylic acids is 1. The van der Waals surface area contributed by atoms with E-state index in [0.29, 0.717) is 24.6 Å². The normalized spacial score (nSPS) is 12.2. The molecule has 0 saturated carbocycles. The van der Waals surface area contributed by atoms with Gasteiger partial charge in [-0.2, -0.15) is 0 Å². The molecule has 1 N–H and O–H groups in total. The van der Waals surface area contributed by atoms with E-state index in [9.17, 15) is 13.6 Å². The standard InChI is InChI=1S/C23H25F2N3O3/c1-16(17-6-4-3-5-7-17)28(13-18-8-9-19(24)12-20(18)25)14-22-27-21(15-31-22)23(29)26-10-11-30-2/h3-9,12,15-16H,10-11,13-14H2,1-2H3,(H,26,29)/t16-/m1/s1. The summed E-state index contributed by atoms with van der Waals surface area (Å²) in [6.07, 6.45) is 1.29. The van der Waals surface area contributed by atoms with Crippen molar-refractivity contribution in [1.82, 2.24) is 15.2 Å². The zero-order valence-corrected chi connectivity index (χ0v) is 17.5. The van der Waals surface area contributed by atoms with Crippen molar-refractivity contribution >= 4 is 5.91 Å². The molecule has 6 nitrogen and oxygen atoms in total. The third kappa shape index (κ3) is 6.19. The number of benzene rings is 2. The number of nitrogens with zero attached hydrogens (tertiary/aromatic N) is 2. The van der Waals surface area contributed by atoms with E-state index in [4.69, 9.17) is 9.15 Å². The van der Waals surface area contributed by atoms with Crippen molar-refractivity contribution in [3.63, 3.8) is 0 Å². The number of ether oxygens (including phenoxy) is 1. The molecule has 0 aliphatic rings. The number of aromatic nitrogens is 1. The fourth-order valence-electron chi connectivity index (χ4n) is 3.16. The Labute approximate surface area is 179 Å². The van der Waals surface area contributed by atoms with E-state index in [1.807, 2.05) is 42.2 Å². The summed E-state index contributed by atoms with van der Waals surface area (Å²) in [6, 6.07) is 13.1. The highest BCUT2D eigenvalue weighted by Crippen LogP contribution is 2.25. The van der Waals surface area contributed by atoms with Gasteiger partial charge in [-0.25, -0.2) is 13.8 Å². The molecule has 3 aromatic rings. The van der Waals surface area contributed by atoms with Crippen LogP contribution in [-0.4, -0.2) is 36.1 Å². The van der Waals surface area contributed by atoms with Gasteiger partial charge in [0.05, 0.1) is 13.2 Å². The molecule has 0 spiro atoms. The lowest BCUT2D eigenvalue weighted by molar-refractivity contribution is 0.0932. The molecular formula is C23H25F2N3O3. The molecule has 0 saturated heterocycles. The molecule has 1 amide bonds. The molecule has 1 atom stereocenters. The molecule has 1 aromatic heterocycles. The summed E-state index contributed by atoms with van der Waals surface area (Å²) < 4.78 is 38.0. The van der Waals surface area contributed by atoms with Gasteiger partial charge in [0.15, 0.2) is 5.69 Å². The molecule has 0 bridgehead atoms. The Bertz CT molecular complexity index is 995. The lowest BCUT2D eigenvalue weighted by Crippen LogP contribution is -2.28. The zero-order valence-electron chi connectivity index (χ0n) is 17.5. The summed E-state index contributed by atoms with van der Waals surface area (Å²) in [4.78, 5) is 18.4. The van der Waals surface area contributed by atoms with E-state index < -0.39 is 11.6 Å². The first-order valence-corrected chi connectivity index (χ1v) is 9.92. The van der Waals surface area contributed by atoms with Gasteiger partial charge in [-0.1, -0.05) is 36.4 Å². The summed E-state index contributed by atoms with van der Waals surface area (Å²) >= 11 is 0. The maximum absolute atomic E-state index is 14.3. The maximum Gasteiger partial charge on any atom is 0.273 e. The molecule has 0 aliphatic heterocycles. The van der Waals surface area contributed by atoms with Crippen LogP contribution in [0.25, 0.3) is 0 Å². The first-order valence-electron chi connectivity index (χ1n) is 9.92. The second kappa shape index (κ2) is 10.8. The SMILES string of the molecule is COCCNC(=O)c1coc(CN(Cc2ccc(F)cc2F)[C@H](C)c2ccccc2)n1. The minimum atomic E-state index is -0.624. The van der Waals surface area contributed by atoms with E-state index in [1.165, 1.54) is 18.4 Å². The minimum Gasteiger partial charge on any atom is -0.447 e. The third-order valence-electron chi connectivity index (χ3n) is 4.93. The van der Waals surface area contributed by atoms with Gasteiger partial charge in [-0.05, 0) is 18.6 Å². The number of hydrogen-bond donors (Lipinski definition) is 1. The Morgan fingerprint density at radius 3 is 2.68 bits per heavy atom. The second-order valence-corrected chi connectivity index (χ2v) is 7.10. The molecule has 0 unspecified atom stereocenters. The Morgan fingerprint density at radius 2 is 1.97 bits per heavy atom. The van der Waals surface area contributed by atoms with Crippen molar-refractivity contribution in [2.75, 3.05) is 20.3 Å². The van der Waals surface area contributed by atoms with Gasteiger partial charge in [-0.15, -0.1) is 0 Å². The fourth-order valence-corrected chi connectivity index (χ4v) is 3.16. The molecule has 3 rings (SSSR count). The van der Waals surface area contributed by atoms with Gasteiger partial charge < -0.3 is 14.5 Å². The highest BCUT2D eigenvalue weighted by atomic mass is 19.1. The Morgan fingerprint density at radius 1 is 1.19 bits per heavy atom. The van der Waals surface area contributed by atoms with E-state index in [0.717, 1.165) is 11.6 Å². The number of halogens is 2. The summed E-state index contributed by atoms with van der Waals surface area (Å²) in [5.74, 6) is -1.28. The van der Waals surface area contributed by atoms with Crippen LogP contribution in [0.1, 0.15) is 40.5 Å². The number of amides is 1. The second-order valence-electron chi connectivity index (χ2n) is 7.10. The molecule has 0 radical (unpaired) electrons. The largest absolute Gasteiger partial charge is 0.447 e. The van der Waals surface area contributed by atoms with Crippen molar-refractivity contribution in [2.24, 2.45) is 0 Å². The Kier molecular flexibility index (Phi) is 7.86. The molecule has 0 fully saturated rings. The summed E-state index contributed by atoms with van der Waals surface area (Å²) in [5, 5.41) is 2.68. The molecule has 8 heteroatoms. The van der Waals surface area contributed by atoms with Crippen LogP contribution >= 0.6 is 0 Å². The van der Waals surface area contributed by atoms with Gasteiger partial charge in [0.1, 0.15) is 17.9 Å². The number of carbonyl (C=O) groups is 1. The number of nitrogens with one attached hydrogen (secondary N) is 1. The van der Waals surface area contributed by atoms with Gasteiger partial charge in [0, 0.05) is 37.9 Å². The quantitative estimate of drug-likeness (QED) is 0.492. The van der Waals surface area contributed by atoms with E-state index in [1.54, 1.807) is 7.11 Å². The number of oxazole rings is 1. The van der Waals surface area contributed by atoms with Gasteiger partial charge in [0.25, 0.3) is 5.91 Å². The van der Waals surface area contributed by atoms with Crippen molar-refractivity contribution in [1.29, 1.82) is 0 Å². The Hall–Kier alpha value is -3.10. The molecule has 2 aromatic carbocycles. The van der Waals surface area contributed by atoms with Crippen molar-refractivity contribution < 1.29 is 22.7 Å². The zero-order chi connectivity index (χ0) is 22.2. The number of methoxy groups -OCH3 is 1. The topological polar surface area (TPSA) is 67.6 Å². The lowest BCUT2D eigenvalue weighted by atomic mass is 10.1. The molecule has 164 valence electrons. The first kappa shape index (κ1) is 22.6. The van der Waals surface area contributed by atoms with Crippen LogP contribution < -0.4 is 5.32 Å². The van der Waals surface area contributed by atoms with Crippen LogP contribution in [-0.2, 0) is 17.8 Å². The van der Waals surface area contributed by atoms with Gasteiger partial charge >= 0.3 is 0 Å². The third-order valence-corrected chi connectivity index (χ3v) is 4.93. The smallest absolute Gasteiger partial charge is 0.273 e. The Balaban J connectivity index is 1.79. The van der Waals surface area contributed by atoms with E-state index in [-0.39, 0.29) is 30.7 Å². The highest BCUT2D eigenvalue weighted by molar-refractivity contribution is 5.91. The minimum absolute atomic E-state index is 0.114. The van der Waals surface area contributed by atoms with Crippen LogP contribution in [0.5, 0.6) is 0 Å². The van der Waals surface area contributed by atoms with E-state index >= 15 is 0 Å². The van der Waals surface area contributed by atoms with Crippen LogP contribution in [0.15, 0.2) is 59.2 Å². The van der Waals surface area contributed by atoms with Crippen molar-refractivity contribution in [3.8, 4) is 0 Å². The van der Waals surface area contributed by atoms with Crippen LogP contribution in [0.3, 0.4) is 0 Å². The van der Waals surface area contributed by atoms with Crippen LogP contribution in [0.2, 0.25) is 0 Å². The predicted octanol–water partition coefficient (Wildman–Crippen LogP) is 4.09. The summed E-state index contributed by atoms with van der Waals surface area (Å²) in [6.45, 7) is 3.18. The fraction of sp³-hybridized carbons (Fsp3) is 0.304. The van der Waals surface area contributed by atoms with Crippen molar-refractivity contribution in [2.45, 2.75) is 26.1 Å². The predicted molar refractivity (Wildman–Crippen MR) is 111 cm³/mol. The summed E-state index contributed by atoms with van der Waals surface area (Å²) in [5.41, 5.74) is 1.54. The highest BCUT2D eigenvalue weighted by Gasteiger charge is 2.21. The van der Waals surface area contributed by atoms with Gasteiger partial charge in [0.2, 0.25) is 5.89 Å². The molecule has 0 aliphatic carbocycles. The van der Waals surface area contributed by atoms with Gasteiger partial charge in [-0.3, -0.25) is 9.69 Å². The number of rotatable bonds is 10. The average molecular weight is 429 g/mol. The van der Waals surface area contributed by atoms with E-state index in [2.05, 4.69) is 10.3 Å². The van der Waals surface area contributed by atoms with Crippen LogP contribution in [0, 0.1) is 11.6 Å². The number of hydrogen-bond acceptors (Lipinski definition) is 5. The lowest BCUT2D eigenvalue weighted by Gasteiger charge is -2.28. The average Bonchev–Trinajstić information content (AvgIpc) is 3.24. The monoisotopic (exact) mass is 429 g/mol. The maximum atomic E-state index is 14.3. The van der Waals surface area contributed by atoms with Crippen LogP contribution in [0.4, 0.5) is 8.78 Å². The summed E-state index contributed by atoms with van der Waals surface area (Å²) in [7, 11) is 1.55. The molecule has 31 heavy (non-hydrogen) atoms. The van der Waals surface area contributed by atoms with Crippen molar-refractivity contribution in [3.05, 3.63) is 89.1 Å². The molecule has 1 heterocycles. The molecular weight excluding hydrogens is 404 g/mol.